The van der Waals surface area contributed by atoms with Gasteiger partial charge in [-0.2, -0.15) is 0 Å². The second-order valence-electron chi connectivity index (χ2n) is 4.79. The summed E-state index contributed by atoms with van der Waals surface area (Å²) in [5.74, 6) is 0. The maximum atomic E-state index is 12.0. The Hall–Kier alpha value is -1.34. The van der Waals surface area contributed by atoms with Crippen molar-refractivity contribution in [2.75, 3.05) is 20.4 Å². The second kappa shape index (κ2) is 8.71. The molecule has 1 amide bonds. The average Bonchev–Trinajstić information content (AvgIpc) is 2.29. The van der Waals surface area contributed by atoms with Crippen molar-refractivity contribution in [1.29, 1.82) is 0 Å². The molecule has 0 aromatic carbocycles. The second-order valence-corrected chi connectivity index (χ2v) is 4.79. The first-order chi connectivity index (χ1) is 8.85. The van der Waals surface area contributed by atoms with Crippen LogP contribution in [0.3, 0.4) is 0 Å². The van der Waals surface area contributed by atoms with Crippen molar-refractivity contribution in [3.05, 3.63) is 0 Å². The summed E-state index contributed by atoms with van der Waals surface area (Å²) in [6, 6.07) is 0. The first-order valence-corrected chi connectivity index (χ1v) is 6.05. The van der Waals surface area contributed by atoms with E-state index in [9.17, 15) is 9.59 Å². The number of hydrogen-bond acceptors (Lipinski definition) is 6. The Morgan fingerprint density at radius 2 is 2.00 bits per heavy atom. The first-order valence-electron chi connectivity index (χ1n) is 6.05. The summed E-state index contributed by atoms with van der Waals surface area (Å²) in [6.45, 7) is 7.57. The molecular formula is C12H23NO6. The summed E-state index contributed by atoms with van der Waals surface area (Å²) in [7, 11) is 1.43. The summed E-state index contributed by atoms with van der Waals surface area (Å²) < 4.78 is 19.8. The molecule has 0 bridgehead atoms. The molecule has 0 heterocycles. The first kappa shape index (κ1) is 17.7. The minimum Gasteiger partial charge on any atom is -0.444 e. The Labute approximate surface area is 113 Å². The highest BCUT2D eigenvalue weighted by Crippen LogP contribution is 2.13. The molecule has 0 radical (unpaired) electrons. The third-order valence-electron chi connectivity index (χ3n) is 1.85. The van der Waals surface area contributed by atoms with Crippen molar-refractivity contribution in [2.24, 2.45) is 0 Å². The van der Waals surface area contributed by atoms with Gasteiger partial charge in [0.2, 0.25) is 0 Å². The third-order valence-corrected chi connectivity index (χ3v) is 1.85. The van der Waals surface area contributed by atoms with Gasteiger partial charge in [0.05, 0.1) is 0 Å². The van der Waals surface area contributed by atoms with Crippen LogP contribution in [0.4, 0.5) is 4.79 Å². The monoisotopic (exact) mass is 277 g/mol. The van der Waals surface area contributed by atoms with Gasteiger partial charge in [0, 0.05) is 13.7 Å². The van der Waals surface area contributed by atoms with E-state index < -0.39 is 18.1 Å². The van der Waals surface area contributed by atoms with E-state index in [0.29, 0.717) is 13.0 Å². The van der Waals surface area contributed by atoms with Crippen molar-refractivity contribution in [3.63, 3.8) is 0 Å². The Balaban J connectivity index is 4.79. The van der Waals surface area contributed by atoms with E-state index in [1.54, 1.807) is 20.8 Å². The lowest BCUT2D eigenvalue weighted by Crippen LogP contribution is -2.46. The van der Waals surface area contributed by atoms with E-state index in [2.05, 4.69) is 0 Å². The molecule has 0 saturated heterocycles. The summed E-state index contributed by atoms with van der Waals surface area (Å²) in [4.78, 5) is 23.7. The smallest absolute Gasteiger partial charge is 0.415 e. The Morgan fingerprint density at radius 3 is 2.42 bits per heavy atom. The number of hydrogen-bond donors (Lipinski definition) is 0. The number of methoxy groups -OCH3 is 1. The van der Waals surface area contributed by atoms with Crippen LogP contribution in [0, 0.1) is 0 Å². The van der Waals surface area contributed by atoms with Gasteiger partial charge in [0.1, 0.15) is 5.60 Å². The van der Waals surface area contributed by atoms with E-state index in [1.807, 2.05) is 6.92 Å². The maximum absolute atomic E-state index is 12.0. The lowest BCUT2D eigenvalue weighted by molar-refractivity contribution is -0.232. The van der Waals surface area contributed by atoms with Gasteiger partial charge in [-0.05, 0) is 27.2 Å². The van der Waals surface area contributed by atoms with Gasteiger partial charge in [0.15, 0.2) is 6.79 Å². The van der Waals surface area contributed by atoms with Gasteiger partial charge in [-0.3, -0.25) is 9.53 Å². The molecule has 0 aromatic rings. The lowest BCUT2D eigenvalue weighted by Gasteiger charge is -2.31. The van der Waals surface area contributed by atoms with Crippen LogP contribution in [0.2, 0.25) is 0 Å². The highest BCUT2D eigenvalue weighted by Gasteiger charge is 2.29. The Morgan fingerprint density at radius 1 is 1.37 bits per heavy atom. The van der Waals surface area contributed by atoms with E-state index in [1.165, 1.54) is 12.0 Å². The van der Waals surface area contributed by atoms with Crippen LogP contribution in [0.5, 0.6) is 0 Å². The number of amides is 1. The van der Waals surface area contributed by atoms with Gasteiger partial charge < -0.3 is 14.2 Å². The molecule has 0 spiro atoms. The lowest BCUT2D eigenvalue weighted by atomic mass is 10.2. The molecule has 0 N–H and O–H groups in total. The summed E-state index contributed by atoms with van der Waals surface area (Å²) in [5.41, 5.74) is -0.643. The SMILES string of the molecule is CCCN(C(=O)OC(C)(C)C)C(OC=O)OCOC. The highest BCUT2D eigenvalue weighted by atomic mass is 16.8. The highest BCUT2D eigenvalue weighted by molar-refractivity contribution is 5.68. The molecular weight excluding hydrogens is 254 g/mol. The number of rotatable bonds is 8. The zero-order chi connectivity index (χ0) is 14.9. The molecule has 112 valence electrons. The third kappa shape index (κ3) is 7.63. The fourth-order valence-corrected chi connectivity index (χ4v) is 1.22. The quantitative estimate of drug-likeness (QED) is 0.496. The van der Waals surface area contributed by atoms with Crippen LogP contribution < -0.4 is 0 Å². The zero-order valence-electron chi connectivity index (χ0n) is 12.2. The minimum atomic E-state index is -1.16. The Kier molecular flexibility index (Phi) is 8.09. The predicted octanol–water partition coefficient (Wildman–Crippen LogP) is 1.71. The Bertz CT molecular complexity index is 276. The number of carbonyl (C=O) groups excluding carboxylic acids is 2. The van der Waals surface area contributed by atoms with E-state index >= 15 is 0 Å². The molecule has 19 heavy (non-hydrogen) atoms. The van der Waals surface area contributed by atoms with Gasteiger partial charge in [-0.15, -0.1) is 0 Å². The molecule has 0 aromatic heterocycles. The van der Waals surface area contributed by atoms with Crippen LogP contribution >= 0.6 is 0 Å². The minimum absolute atomic E-state index is 0.110. The van der Waals surface area contributed by atoms with Crippen molar-refractivity contribution >= 4 is 12.6 Å². The van der Waals surface area contributed by atoms with E-state index in [0.717, 1.165) is 0 Å². The fourth-order valence-electron chi connectivity index (χ4n) is 1.22. The molecule has 0 rings (SSSR count). The number of ether oxygens (including phenoxy) is 4. The van der Waals surface area contributed by atoms with Crippen molar-refractivity contribution in [2.45, 2.75) is 46.1 Å². The molecule has 7 heteroatoms. The van der Waals surface area contributed by atoms with Crippen molar-refractivity contribution in [3.8, 4) is 0 Å². The summed E-state index contributed by atoms with van der Waals surface area (Å²) in [6.07, 6.45) is -1.11. The molecule has 0 saturated carbocycles. The molecule has 7 nitrogen and oxygen atoms in total. The van der Waals surface area contributed by atoms with Crippen LogP contribution in [0.25, 0.3) is 0 Å². The molecule has 1 atom stereocenters. The normalized spacial score (nSPS) is 12.7. The molecule has 0 aliphatic heterocycles. The van der Waals surface area contributed by atoms with E-state index in [4.69, 9.17) is 18.9 Å². The maximum Gasteiger partial charge on any atom is 0.415 e. The predicted molar refractivity (Wildman–Crippen MR) is 67.1 cm³/mol. The van der Waals surface area contributed by atoms with Crippen LogP contribution in [-0.4, -0.2) is 49.9 Å². The molecule has 0 aliphatic rings. The van der Waals surface area contributed by atoms with Gasteiger partial charge in [0.25, 0.3) is 12.9 Å². The van der Waals surface area contributed by atoms with Crippen LogP contribution in [0.15, 0.2) is 0 Å². The van der Waals surface area contributed by atoms with Gasteiger partial charge in [-0.1, -0.05) is 6.92 Å². The topological polar surface area (TPSA) is 74.3 Å². The van der Waals surface area contributed by atoms with E-state index in [-0.39, 0.29) is 13.3 Å². The van der Waals surface area contributed by atoms with Crippen LogP contribution in [-0.2, 0) is 23.7 Å². The van der Waals surface area contributed by atoms with Crippen molar-refractivity contribution < 1.29 is 28.5 Å². The van der Waals surface area contributed by atoms with Crippen molar-refractivity contribution in [1.82, 2.24) is 4.90 Å². The van der Waals surface area contributed by atoms with Crippen LogP contribution in [0.1, 0.15) is 34.1 Å². The molecule has 1 unspecified atom stereocenters. The number of carbonyl (C=O) groups is 2. The zero-order valence-corrected chi connectivity index (χ0v) is 12.2. The largest absolute Gasteiger partial charge is 0.444 e. The number of nitrogens with zero attached hydrogens (tertiary/aromatic N) is 1. The van der Waals surface area contributed by atoms with Gasteiger partial charge >= 0.3 is 6.09 Å². The molecule has 0 aliphatic carbocycles. The van der Waals surface area contributed by atoms with Gasteiger partial charge in [-0.25, -0.2) is 9.69 Å². The molecule has 0 fully saturated rings. The standard InChI is InChI=1S/C12H23NO6/c1-6-7-13(10(15)19-12(2,3)4)11(17-8-14)18-9-16-5/h8,11H,6-7,9H2,1-5H3. The summed E-state index contributed by atoms with van der Waals surface area (Å²) in [5, 5.41) is 0. The average molecular weight is 277 g/mol. The summed E-state index contributed by atoms with van der Waals surface area (Å²) >= 11 is 0. The fraction of sp³-hybridized carbons (Fsp3) is 0.833.